The number of ether oxygens (including phenoxy) is 1. The molecule has 1 aromatic heterocycles. The fourth-order valence-electron chi connectivity index (χ4n) is 2.60. The second-order valence-corrected chi connectivity index (χ2v) is 5.65. The summed E-state index contributed by atoms with van der Waals surface area (Å²) >= 11 is 5.94. The summed E-state index contributed by atoms with van der Waals surface area (Å²) in [5.74, 6) is -1.15. The number of H-pyrrole nitrogens is 1. The molecule has 0 saturated carbocycles. The number of aliphatic carboxylic acids is 1. The van der Waals surface area contributed by atoms with Gasteiger partial charge in [-0.3, -0.25) is 4.79 Å². The van der Waals surface area contributed by atoms with E-state index in [0.29, 0.717) is 11.6 Å². The zero-order valence-electron chi connectivity index (χ0n) is 11.7. The Labute approximate surface area is 131 Å². The van der Waals surface area contributed by atoms with Gasteiger partial charge in [0.05, 0.1) is 19.6 Å². The van der Waals surface area contributed by atoms with Gasteiger partial charge in [0.1, 0.15) is 0 Å². The minimum absolute atomic E-state index is 0.0857. The number of aromatic nitrogens is 1. The lowest BCUT2D eigenvalue weighted by molar-refractivity contribution is -0.159. The summed E-state index contributed by atoms with van der Waals surface area (Å²) in [6.07, 6.45) is 1.06. The molecule has 1 saturated heterocycles. The fourth-order valence-corrected chi connectivity index (χ4v) is 2.78. The largest absolute Gasteiger partial charge is 0.479 e. The van der Waals surface area contributed by atoms with Crippen molar-refractivity contribution in [2.45, 2.75) is 12.5 Å². The van der Waals surface area contributed by atoms with Crippen molar-refractivity contribution in [2.24, 2.45) is 0 Å². The Kier molecular flexibility index (Phi) is 4.04. The van der Waals surface area contributed by atoms with Gasteiger partial charge >= 0.3 is 5.97 Å². The molecule has 1 fully saturated rings. The average Bonchev–Trinajstić information content (AvgIpc) is 2.89. The highest BCUT2D eigenvalue weighted by molar-refractivity contribution is 6.31. The van der Waals surface area contributed by atoms with E-state index in [0.717, 1.165) is 16.5 Å². The van der Waals surface area contributed by atoms with Crippen molar-refractivity contribution in [2.75, 3.05) is 19.7 Å². The molecule has 7 heteroatoms. The van der Waals surface area contributed by atoms with Gasteiger partial charge in [0.15, 0.2) is 6.10 Å². The molecule has 2 N–H and O–H groups in total. The Morgan fingerprint density at radius 1 is 1.45 bits per heavy atom. The number of amides is 1. The maximum atomic E-state index is 12.4. The molecule has 2 heterocycles. The number of hydrogen-bond acceptors (Lipinski definition) is 3. The van der Waals surface area contributed by atoms with E-state index in [4.69, 9.17) is 21.4 Å². The number of fused-ring (bicyclic) bond motifs is 1. The highest BCUT2D eigenvalue weighted by Crippen LogP contribution is 2.23. The van der Waals surface area contributed by atoms with E-state index in [1.54, 1.807) is 18.3 Å². The van der Waals surface area contributed by atoms with Crippen LogP contribution in [0.4, 0.5) is 0 Å². The van der Waals surface area contributed by atoms with Crippen molar-refractivity contribution in [3.05, 3.63) is 35.0 Å². The Hall–Kier alpha value is -2.05. The third-order valence-corrected chi connectivity index (χ3v) is 4.00. The van der Waals surface area contributed by atoms with Crippen LogP contribution in [0.2, 0.25) is 5.02 Å². The number of halogens is 1. The Balaban J connectivity index is 1.74. The molecule has 116 valence electrons. The van der Waals surface area contributed by atoms with Gasteiger partial charge in [-0.05, 0) is 17.7 Å². The van der Waals surface area contributed by atoms with Crippen LogP contribution < -0.4 is 0 Å². The minimum Gasteiger partial charge on any atom is -0.479 e. The molecular weight excluding hydrogens is 308 g/mol. The van der Waals surface area contributed by atoms with Crippen LogP contribution in [0.3, 0.4) is 0 Å². The van der Waals surface area contributed by atoms with E-state index in [1.165, 1.54) is 4.90 Å². The number of benzene rings is 1. The van der Waals surface area contributed by atoms with Crippen molar-refractivity contribution >= 4 is 34.4 Å². The number of carbonyl (C=O) groups is 2. The van der Waals surface area contributed by atoms with Crippen molar-refractivity contribution < 1.29 is 19.4 Å². The third kappa shape index (κ3) is 2.93. The number of morpholine rings is 1. The van der Waals surface area contributed by atoms with Gasteiger partial charge < -0.3 is 19.7 Å². The van der Waals surface area contributed by atoms with Crippen LogP contribution in [0.5, 0.6) is 0 Å². The smallest absolute Gasteiger partial charge is 0.334 e. The second-order valence-electron chi connectivity index (χ2n) is 5.22. The molecule has 1 aromatic carbocycles. The summed E-state index contributed by atoms with van der Waals surface area (Å²) in [6.45, 7) is 0.741. The quantitative estimate of drug-likeness (QED) is 0.900. The predicted molar refractivity (Wildman–Crippen MR) is 81.0 cm³/mol. The van der Waals surface area contributed by atoms with Crippen LogP contribution in [0.1, 0.15) is 5.56 Å². The lowest BCUT2D eigenvalue weighted by Crippen LogP contribution is -2.49. The van der Waals surface area contributed by atoms with Crippen molar-refractivity contribution in [1.29, 1.82) is 0 Å². The van der Waals surface area contributed by atoms with E-state index in [1.807, 2.05) is 6.07 Å². The standard InChI is InChI=1S/C15H15ClN2O4/c16-10-1-2-11-9(7-17-12(11)6-10)5-14(19)18-3-4-22-13(8-18)15(20)21/h1-2,6-7,13,17H,3-5,8H2,(H,20,21)/t13-/m1/s1. The van der Waals surface area contributed by atoms with Gasteiger partial charge in [-0.2, -0.15) is 0 Å². The molecular formula is C15H15ClN2O4. The zero-order valence-corrected chi connectivity index (χ0v) is 12.5. The van der Waals surface area contributed by atoms with Crippen LogP contribution in [0.25, 0.3) is 10.9 Å². The lowest BCUT2D eigenvalue weighted by atomic mass is 10.1. The van der Waals surface area contributed by atoms with Crippen LogP contribution in [-0.2, 0) is 20.7 Å². The van der Waals surface area contributed by atoms with E-state index < -0.39 is 12.1 Å². The van der Waals surface area contributed by atoms with E-state index >= 15 is 0 Å². The molecule has 0 radical (unpaired) electrons. The van der Waals surface area contributed by atoms with Crippen molar-refractivity contribution in [3.63, 3.8) is 0 Å². The fraction of sp³-hybridized carbons (Fsp3) is 0.333. The molecule has 1 atom stereocenters. The first-order chi connectivity index (χ1) is 10.5. The molecule has 1 aliphatic rings. The molecule has 0 spiro atoms. The van der Waals surface area contributed by atoms with Gasteiger partial charge in [-0.1, -0.05) is 17.7 Å². The Morgan fingerprint density at radius 2 is 2.27 bits per heavy atom. The third-order valence-electron chi connectivity index (χ3n) is 3.77. The number of nitrogens with zero attached hydrogens (tertiary/aromatic N) is 1. The summed E-state index contributed by atoms with van der Waals surface area (Å²) < 4.78 is 5.12. The highest BCUT2D eigenvalue weighted by Gasteiger charge is 2.29. The number of rotatable bonds is 3. The predicted octanol–water partition coefficient (Wildman–Crippen LogP) is 1.68. The second kappa shape index (κ2) is 5.98. The van der Waals surface area contributed by atoms with Crippen molar-refractivity contribution in [1.82, 2.24) is 9.88 Å². The van der Waals surface area contributed by atoms with Crippen molar-refractivity contribution in [3.8, 4) is 0 Å². The number of carboxylic acids is 1. The van der Waals surface area contributed by atoms with Crippen LogP contribution in [0, 0.1) is 0 Å². The zero-order chi connectivity index (χ0) is 15.7. The summed E-state index contributed by atoms with van der Waals surface area (Å²) in [7, 11) is 0. The van der Waals surface area contributed by atoms with Gasteiger partial charge in [0, 0.05) is 28.7 Å². The van der Waals surface area contributed by atoms with Crippen LogP contribution in [0.15, 0.2) is 24.4 Å². The number of carboxylic acid groups (broad SMARTS) is 1. The first kappa shape index (κ1) is 14.9. The topological polar surface area (TPSA) is 82.6 Å². The van der Waals surface area contributed by atoms with Gasteiger partial charge in [0.25, 0.3) is 0 Å². The molecule has 1 amide bonds. The SMILES string of the molecule is O=C(O)[C@H]1CN(C(=O)Cc2c[nH]c3cc(Cl)ccc23)CCO1. The molecule has 0 unspecified atom stereocenters. The van der Waals surface area contributed by atoms with E-state index in [9.17, 15) is 9.59 Å². The van der Waals surface area contributed by atoms with Crippen LogP contribution in [-0.4, -0.2) is 52.7 Å². The summed E-state index contributed by atoms with van der Waals surface area (Å²) in [6, 6.07) is 5.46. The number of carbonyl (C=O) groups excluding carboxylic acids is 1. The number of nitrogens with one attached hydrogen (secondary N) is 1. The van der Waals surface area contributed by atoms with Gasteiger partial charge in [0.2, 0.25) is 5.91 Å². The number of hydrogen-bond donors (Lipinski definition) is 2. The summed E-state index contributed by atoms with van der Waals surface area (Å²) in [5.41, 5.74) is 1.75. The normalized spacial score (nSPS) is 18.6. The maximum absolute atomic E-state index is 12.4. The molecule has 3 rings (SSSR count). The maximum Gasteiger partial charge on any atom is 0.334 e. The first-order valence-electron chi connectivity index (χ1n) is 6.92. The number of aromatic amines is 1. The molecule has 6 nitrogen and oxygen atoms in total. The molecule has 2 aromatic rings. The van der Waals surface area contributed by atoms with Gasteiger partial charge in [-0.25, -0.2) is 4.79 Å². The Bertz CT molecular complexity index is 727. The molecule has 0 bridgehead atoms. The average molecular weight is 323 g/mol. The minimum atomic E-state index is -1.04. The highest BCUT2D eigenvalue weighted by atomic mass is 35.5. The molecule has 1 aliphatic heterocycles. The van der Waals surface area contributed by atoms with E-state index in [-0.39, 0.29) is 25.5 Å². The molecule has 0 aliphatic carbocycles. The van der Waals surface area contributed by atoms with E-state index in [2.05, 4.69) is 4.98 Å². The lowest BCUT2D eigenvalue weighted by Gasteiger charge is -2.30. The molecule has 22 heavy (non-hydrogen) atoms. The first-order valence-corrected chi connectivity index (χ1v) is 7.30. The van der Waals surface area contributed by atoms with Gasteiger partial charge in [-0.15, -0.1) is 0 Å². The summed E-state index contributed by atoms with van der Waals surface area (Å²) in [5, 5.41) is 10.6. The Morgan fingerprint density at radius 3 is 3.05 bits per heavy atom. The van der Waals surface area contributed by atoms with Crippen LogP contribution >= 0.6 is 11.6 Å². The monoisotopic (exact) mass is 322 g/mol. The summed E-state index contributed by atoms with van der Waals surface area (Å²) in [4.78, 5) is 28.0.